The monoisotopic (exact) mass is 231 g/mol. The first-order chi connectivity index (χ1) is 6.70. The molecule has 0 aliphatic rings. The van der Waals surface area contributed by atoms with E-state index >= 15 is 0 Å². The number of hydrogen-bond donors (Lipinski definition) is 1. The summed E-state index contributed by atoms with van der Waals surface area (Å²) in [5, 5.41) is 8.55. The van der Waals surface area contributed by atoms with E-state index in [0.29, 0.717) is 13.2 Å². The number of amides is 1. The summed E-state index contributed by atoms with van der Waals surface area (Å²) in [6, 6.07) is 9.31. The van der Waals surface area contributed by atoms with E-state index < -0.39 is 6.09 Å². The standard InChI is InChI=1S/C10H13NO3.ClH/c1-11(10(12)13)7-8-14-9-5-3-2-4-6-9;/h2-6H,7-8H2,1H3,(H,12,13);1H. The number of ether oxygens (including phenoxy) is 1. The van der Waals surface area contributed by atoms with Gasteiger partial charge in [0.25, 0.3) is 0 Å². The van der Waals surface area contributed by atoms with Crippen LogP contribution in [0.4, 0.5) is 4.79 Å². The van der Waals surface area contributed by atoms with E-state index in [1.54, 1.807) is 0 Å². The van der Waals surface area contributed by atoms with Crippen LogP contribution in [0.5, 0.6) is 5.75 Å². The van der Waals surface area contributed by atoms with Gasteiger partial charge in [-0.2, -0.15) is 0 Å². The molecular weight excluding hydrogens is 218 g/mol. The summed E-state index contributed by atoms with van der Waals surface area (Å²) in [6.07, 6.45) is -0.943. The summed E-state index contributed by atoms with van der Waals surface area (Å²) >= 11 is 0. The molecule has 4 nitrogen and oxygen atoms in total. The van der Waals surface area contributed by atoms with E-state index in [4.69, 9.17) is 9.84 Å². The van der Waals surface area contributed by atoms with Crippen LogP contribution in [0, 0.1) is 0 Å². The third-order valence-electron chi connectivity index (χ3n) is 1.77. The molecule has 0 saturated carbocycles. The second kappa shape index (κ2) is 6.95. The number of hydrogen-bond acceptors (Lipinski definition) is 2. The minimum absolute atomic E-state index is 0. The first-order valence-electron chi connectivity index (χ1n) is 4.32. The molecule has 0 atom stereocenters. The summed E-state index contributed by atoms with van der Waals surface area (Å²) in [5.41, 5.74) is 0. The molecule has 0 bridgehead atoms. The summed E-state index contributed by atoms with van der Waals surface area (Å²) in [7, 11) is 1.51. The molecule has 0 saturated heterocycles. The van der Waals surface area contributed by atoms with Crippen LogP contribution < -0.4 is 4.74 Å². The van der Waals surface area contributed by atoms with Crippen LogP contribution in [0.1, 0.15) is 0 Å². The predicted octanol–water partition coefficient (Wildman–Crippen LogP) is 2.10. The highest BCUT2D eigenvalue weighted by molar-refractivity contribution is 5.85. The molecule has 0 aliphatic carbocycles. The third-order valence-corrected chi connectivity index (χ3v) is 1.77. The fourth-order valence-corrected chi connectivity index (χ4v) is 0.913. The highest BCUT2D eigenvalue weighted by atomic mass is 35.5. The first-order valence-corrected chi connectivity index (χ1v) is 4.32. The Morgan fingerprint density at radius 1 is 1.40 bits per heavy atom. The number of nitrogens with zero attached hydrogens (tertiary/aromatic N) is 1. The normalized spacial score (nSPS) is 8.87. The molecule has 0 unspecified atom stereocenters. The zero-order chi connectivity index (χ0) is 10.4. The Hall–Kier alpha value is -1.42. The number of carbonyl (C=O) groups is 1. The maximum absolute atomic E-state index is 10.4. The SMILES string of the molecule is CN(CCOc1ccccc1)C(=O)O.Cl. The van der Waals surface area contributed by atoms with Crippen molar-refractivity contribution in [1.29, 1.82) is 0 Å². The molecule has 1 aromatic rings. The molecule has 0 fully saturated rings. The Bertz CT molecular complexity index is 292. The molecule has 1 aromatic carbocycles. The van der Waals surface area contributed by atoms with Gasteiger partial charge >= 0.3 is 6.09 Å². The molecule has 84 valence electrons. The molecule has 1 rings (SSSR count). The van der Waals surface area contributed by atoms with Crippen molar-refractivity contribution >= 4 is 18.5 Å². The van der Waals surface area contributed by atoms with Crippen LogP contribution >= 0.6 is 12.4 Å². The van der Waals surface area contributed by atoms with Gasteiger partial charge in [-0.1, -0.05) is 18.2 Å². The van der Waals surface area contributed by atoms with Crippen molar-refractivity contribution in [2.24, 2.45) is 0 Å². The van der Waals surface area contributed by atoms with Crippen molar-refractivity contribution in [2.75, 3.05) is 20.2 Å². The van der Waals surface area contributed by atoms with Crippen molar-refractivity contribution in [3.8, 4) is 5.75 Å². The van der Waals surface area contributed by atoms with Crippen LogP contribution in [-0.2, 0) is 0 Å². The van der Waals surface area contributed by atoms with Gasteiger partial charge in [0.05, 0.1) is 6.54 Å². The summed E-state index contributed by atoms with van der Waals surface area (Å²) < 4.78 is 5.32. The van der Waals surface area contributed by atoms with Gasteiger partial charge in [0.2, 0.25) is 0 Å². The zero-order valence-electron chi connectivity index (χ0n) is 8.42. The lowest BCUT2D eigenvalue weighted by Gasteiger charge is -2.13. The second-order valence-electron chi connectivity index (χ2n) is 2.87. The van der Waals surface area contributed by atoms with Gasteiger partial charge in [-0.15, -0.1) is 12.4 Å². The maximum Gasteiger partial charge on any atom is 0.407 e. The van der Waals surface area contributed by atoms with Crippen molar-refractivity contribution in [1.82, 2.24) is 4.90 Å². The largest absolute Gasteiger partial charge is 0.492 e. The quantitative estimate of drug-likeness (QED) is 0.863. The van der Waals surface area contributed by atoms with E-state index in [1.165, 1.54) is 11.9 Å². The van der Waals surface area contributed by atoms with E-state index in [2.05, 4.69) is 0 Å². The Morgan fingerprint density at radius 3 is 2.53 bits per heavy atom. The van der Waals surface area contributed by atoms with Gasteiger partial charge in [0.1, 0.15) is 12.4 Å². The van der Waals surface area contributed by atoms with Crippen molar-refractivity contribution in [2.45, 2.75) is 0 Å². The van der Waals surface area contributed by atoms with Crippen LogP contribution in [-0.4, -0.2) is 36.3 Å². The number of para-hydroxylation sites is 1. The van der Waals surface area contributed by atoms with Crippen LogP contribution in [0.3, 0.4) is 0 Å². The Kier molecular flexibility index (Phi) is 6.29. The van der Waals surface area contributed by atoms with Crippen molar-refractivity contribution < 1.29 is 14.6 Å². The fraction of sp³-hybridized carbons (Fsp3) is 0.300. The van der Waals surface area contributed by atoms with Crippen molar-refractivity contribution in [3.05, 3.63) is 30.3 Å². The molecule has 0 heterocycles. The van der Waals surface area contributed by atoms with Gasteiger partial charge in [-0.3, -0.25) is 0 Å². The topological polar surface area (TPSA) is 49.8 Å². The van der Waals surface area contributed by atoms with Crippen LogP contribution in [0.2, 0.25) is 0 Å². The highest BCUT2D eigenvalue weighted by Gasteiger charge is 2.03. The predicted molar refractivity (Wildman–Crippen MR) is 59.8 cm³/mol. The molecule has 1 N–H and O–H groups in total. The second-order valence-corrected chi connectivity index (χ2v) is 2.87. The molecule has 0 aliphatic heterocycles. The highest BCUT2D eigenvalue weighted by Crippen LogP contribution is 2.07. The van der Waals surface area contributed by atoms with Crippen LogP contribution in [0.25, 0.3) is 0 Å². The van der Waals surface area contributed by atoms with Gasteiger partial charge in [-0.05, 0) is 12.1 Å². The first kappa shape index (κ1) is 13.6. The smallest absolute Gasteiger partial charge is 0.407 e. The van der Waals surface area contributed by atoms with Crippen LogP contribution in [0.15, 0.2) is 30.3 Å². The van der Waals surface area contributed by atoms with E-state index in [9.17, 15) is 4.79 Å². The average molecular weight is 232 g/mol. The van der Waals surface area contributed by atoms with E-state index in [1.807, 2.05) is 30.3 Å². The van der Waals surface area contributed by atoms with E-state index in [0.717, 1.165) is 5.75 Å². The molecular formula is C10H14ClNO3. The molecule has 15 heavy (non-hydrogen) atoms. The number of halogens is 1. The lowest BCUT2D eigenvalue weighted by atomic mass is 10.3. The van der Waals surface area contributed by atoms with Crippen molar-refractivity contribution in [3.63, 3.8) is 0 Å². The van der Waals surface area contributed by atoms with Gasteiger partial charge in [0, 0.05) is 7.05 Å². The zero-order valence-corrected chi connectivity index (χ0v) is 9.24. The molecule has 0 radical (unpaired) electrons. The third kappa shape index (κ3) is 5.12. The fourth-order valence-electron chi connectivity index (χ4n) is 0.913. The average Bonchev–Trinajstić information content (AvgIpc) is 2.19. The van der Waals surface area contributed by atoms with E-state index in [-0.39, 0.29) is 12.4 Å². The molecule has 1 amide bonds. The Balaban J connectivity index is 0.00000196. The number of carboxylic acid groups (broad SMARTS) is 1. The molecule has 0 aromatic heterocycles. The minimum Gasteiger partial charge on any atom is -0.492 e. The number of benzene rings is 1. The Morgan fingerprint density at radius 2 is 2.00 bits per heavy atom. The number of likely N-dealkylation sites (N-methyl/N-ethyl adjacent to an activating group) is 1. The maximum atomic E-state index is 10.4. The molecule has 0 spiro atoms. The summed E-state index contributed by atoms with van der Waals surface area (Å²) in [5.74, 6) is 0.756. The summed E-state index contributed by atoms with van der Waals surface area (Å²) in [6.45, 7) is 0.733. The molecule has 5 heteroatoms. The lowest BCUT2D eigenvalue weighted by molar-refractivity contribution is 0.147. The van der Waals surface area contributed by atoms with Gasteiger partial charge in [-0.25, -0.2) is 4.79 Å². The number of rotatable bonds is 4. The summed E-state index contributed by atoms with van der Waals surface area (Å²) in [4.78, 5) is 11.6. The minimum atomic E-state index is -0.943. The van der Waals surface area contributed by atoms with Gasteiger partial charge < -0.3 is 14.7 Å². The Labute approximate surface area is 94.9 Å². The lowest BCUT2D eigenvalue weighted by Crippen LogP contribution is -2.29. The van der Waals surface area contributed by atoms with Gasteiger partial charge in [0.15, 0.2) is 0 Å².